The Labute approximate surface area is 132 Å². The average Bonchev–Trinajstić information content (AvgIpc) is 2.36. The van der Waals surface area contributed by atoms with Crippen molar-refractivity contribution < 1.29 is 9.18 Å². The molecule has 0 aliphatic carbocycles. The molecule has 6 heteroatoms. The molecule has 1 amide bonds. The fraction of sp³-hybridized carbons (Fsp3) is 0.0714. The molecule has 0 spiro atoms. The van der Waals surface area contributed by atoms with Gasteiger partial charge in [-0.15, -0.1) is 0 Å². The van der Waals surface area contributed by atoms with E-state index in [9.17, 15) is 9.18 Å². The Bertz CT molecular complexity index is 666. The first-order valence-electron chi connectivity index (χ1n) is 5.71. The van der Waals surface area contributed by atoms with Gasteiger partial charge in [0.1, 0.15) is 5.82 Å². The summed E-state index contributed by atoms with van der Waals surface area (Å²) >= 11 is 6.61. The second-order valence-corrected chi connectivity index (χ2v) is 6.01. The molecule has 0 aliphatic rings. The minimum Gasteiger partial charge on any atom is -0.397 e. The van der Waals surface area contributed by atoms with Gasteiger partial charge in [0.05, 0.1) is 16.9 Å². The van der Waals surface area contributed by atoms with Crippen molar-refractivity contribution in [2.45, 2.75) is 6.92 Å². The Morgan fingerprint density at radius 1 is 1.30 bits per heavy atom. The van der Waals surface area contributed by atoms with Crippen LogP contribution in [0, 0.1) is 12.7 Å². The van der Waals surface area contributed by atoms with Crippen molar-refractivity contribution in [3.05, 3.63) is 56.2 Å². The van der Waals surface area contributed by atoms with Gasteiger partial charge in [-0.1, -0.05) is 28.1 Å². The number of nitrogens with two attached hydrogens (primary N) is 1. The number of hydrogen-bond acceptors (Lipinski definition) is 2. The molecule has 0 saturated heterocycles. The summed E-state index contributed by atoms with van der Waals surface area (Å²) in [5.74, 6) is -1.07. The van der Waals surface area contributed by atoms with E-state index in [0.29, 0.717) is 21.4 Å². The van der Waals surface area contributed by atoms with Gasteiger partial charge >= 0.3 is 0 Å². The van der Waals surface area contributed by atoms with Crippen LogP contribution in [0.1, 0.15) is 15.9 Å². The normalized spacial score (nSPS) is 10.4. The van der Waals surface area contributed by atoms with E-state index in [4.69, 9.17) is 5.73 Å². The first-order chi connectivity index (χ1) is 9.40. The number of carbonyl (C=O) groups is 1. The maximum atomic E-state index is 13.9. The summed E-state index contributed by atoms with van der Waals surface area (Å²) < 4.78 is 15.3. The van der Waals surface area contributed by atoms with Crippen LogP contribution in [0.4, 0.5) is 15.8 Å². The van der Waals surface area contributed by atoms with Gasteiger partial charge in [0.25, 0.3) is 5.91 Å². The van der Waals surface area contributed by atoms with Crippen LogP contribution in [0.5, 0.6) is 0 Å². The summed E-state index contributed by atoms with van der Waals surface area (Å²) in [5, 5.41) is 2.62. The van der Waals surface area contributed by atoms with E-state index < -0.39 is 11.7 Å². The van der Waals surface area contributed by atoms with Crippen LogP contribution < -0.4 is 11.1 Å². The topological polar surface area (TPSA) is 55.1 Å². The highest BCUT2D eigenvalue weighted by Crippen LogP contribution is 2.33. The molecule has 3 nitrogen and oxygen atoms in total. The second-order valence-electron chi connectivity index (χ2n) is 4.24. The summed E-state index contributed by atoms with van der Waals surface area (Å²) in [6, 6.07) is 8.08. The number of nitrogen functional groups attached to an aromatic ring is 1. The minimum atomic E-state index is -0.541. The smallest absolute Gasteiger partial charge is 0.258 e. The van der Waals surface area contributed by atoms with Gasteiger partial charge in [0.15, 0.2) is 0 Å². The number of carbonyl (C=O) groups excluding carboxylic acids is 1. The van der Waals surface area contributed by atoms with Gasteiger partial charge < -0.3 is 11.1 Å². The highest BCUT2D eigenvalue weighted by atomic mass is 79.9. The number of hydrogen-bond donors (Lipinski definition) is 2. The summed E-state index contributed by atoms with van der Waals surface area (Å²) in [6.07, 6.45) is 0. The van der Waals surface area contributed by atoms with E-state index in [1.165, 1.54) is 6.07 Å². The van der Waals surface area contributed by atoms with Crippen LogP contribution in [0.3, 0.4) is 0 Å². The van der Waals surface area contributed by atoms with Gasteiger partial charge in [-0.2, -0.15) is 0 Å². The average molecular weight is 402 g/mol. The van der Waals surface area contributed by atoms with Crippen LogP contribution in [0.25, 0.3) is 0 Å². The second kappa shape index (κ2) is 5.93. The van der Waals surface area contributed by atoms with Crippen LogP contribution in [-0.2, 0) is 0 Å². The lowest BCUT2D eigenvalue weighted by molar-refractivity contribution is 0.102. The number of benzene rings is 2. The summed E-state index contributed by atoms with van der Waals surface area (Å²) in [5.41, 5.74) is 7.05. The standard InChI is InChI=1S/C14H11Br2FN2O/c1-7-3-2-4-9(12(7)17)14(20)19-13-10(16)5-8(15)6-11(13)18/h2-6H,18H2,1H3,(H,19,20). The van der Waals surface area contributed by atoms with Crippen molar-refractivity contribution in [1.29, 1.82) is 0 Å². The third kappa shape index (κ3) is 3.02. The fourth-order valence-corrected chi connectivity index (χ4v) is 3.09. The Morgan fingerprint density at radius 3 is 2.65 bits per heavy atom. The highest BCUT2D eigenvalue weighted by Gasteiger charge is 2.16. The van der Waals surface area contributed by atoms with Gasteiger partial charge in [0.2, 0.25) is 0 Å². The van der Waals surface area contributed by atoms with Gasteiger partial charge in [-0.25, -0.2) is 4.39 Å². The first kappa shape index (κ1) is 15.0. The maximum Gasteiger partial charge on any atom is 0.258 e. The molecule has 0 atom stereocenters. The predicted molar refractivity (Wildman–Crippen MR) is 85.3 cm³/mol. The van der Waals surface area contributed by atoms with E-state index in [1.807, 2.05) is 0 Å². The van der Waals surface area contributed by atoms with Crippen molar-refractivity contribution >= 4 is 49.1 Å². The third-order valence-corrected chi connectivity index (χ3v) is 3.84. The zero-order valence-electron chi connectivity index (χ0n) is 10.5. The monoisotopic (exact) mass is 400 g/mol. The van der Waals surface area contributed by atoms with Crippen molar-refractivity contribution in [2.75, 3.05) is 11.1 Å². The first-order valence-corrected chi connectivity index (χ1v) is 7.29. The van der Waals surface area contributed by atoms with Crippen LogP contribution >= 0.6 is 31.9 Å². The number of nitrogens with one attached hydrogen (secondary N) is 1. The highest BCUT2D eigenvalue weighted by molar-refractivity contribution is 9.11. The van der Waals surface area contributed by atoms with Crippen molar-refractivity contribution in [2.24, 2.45) is 0 Å². The Morgan fingerprint density at radius 2 is 2.00 bits per heavy atom. The molecule has 20 heavy (non-hydrogen) atoms. The largest absolute Gasteiger partial charge is 0.397 e. The van der Waals surface area contributed by atoms with Crippen molar-refractivity contribution in [1.82, 2.24) is 0 Å². The summed E-state index contributed by atoms with van der Waals surface area (Å²) in [4.78, 5) is 12.1. The van der Waals surface area contributed by atoms with E-state index in [0.717, 1.165) is 4.47 Å². The van der Waals surface area contributed by atoms with E-state index in [1.54, 1.807) is 31.2 Å². The van der Waals surface area contributed by atoms with E-state index in [-0.39, 0.29) is 5.56 Å². The van der Waals surface area contributed by atoms with Gasteiger partial charge in [-0.05, 0) is 46.6 Å². The predicted octanol–water partition coefficient (Wildman–Crippen LogP) is 4.49. The molecular weight excluding hydrogens is 391 g/mol. The minimum absolute atomic E-state index is 0.0146. The fourth-order valence-electron chi connectivity index (χ4n) is 1.73. The molecule has 0 aliphatic heterocycles. The van der Waals surface area contributed by atoms with Crippen LogP contribution in [-0.4, -0.2) is 5.91 Å². The number of rotatable bonds is 2. The van der Waals surface area contributed by atoms with E-state index in [2.05, 4.69) is 37.2 Å². The SMILES string of the molecule is Cc1cccc(C(=O)Nc2c(N)cc(Br)cc2Br)c1F. The molecule has 0 aromatic heterocycles. The van der Waals surface area contributed by atoms with Crippen LogP contribution in [0.2, 0.25) is 0 Å². The quantitative estimate of drug-likeness (QED) is 0.728. The molecule has 0 heterocycles. The molecule has 0 radical (unpaired) electrons. The Hall–Kier alpha value is -1.40. The molecule has 0 fully saturated rings. The molecule has 104 valence electrons. The summed E-state index contributed by atoms with van der Waals surface area (Å²) in [6.45, 7) is 1.61. The molecular formula is C14H11Br2FN2O. The summed E-state index contributed by atoms with van der Waals surface area (Å²) in [7, 11) is 0. The van der Waals surface area contributed by atoms with E-state index >= 15 is 0 Å². The zero-order chi connectivity index (χ0) is 14.9. The molecule has 2 rings (SSSR count). The van der Waals surface area contributed by atoms with Crippen molar-refractivity contribution in [3.8, 4) is 0 Å². The third-order valence-electron chi connectivity index (χ3n) is 2.76. The number of amides is 1. The lowest BCUT2D eigenvalue weighted by atomic mass is 10.1. The lowest BCUT2D eigenvalue weighted by Crippen LogP contribution is -2.15. The number of anilines is 2. The molecule has 3 N–H and O–H groups in total. The Balaban J connectivity index is 2.36. The van der Waals surface area contributed by atoms with Gasteiger partial charge in [-0.3, -0.25) is 4.79 Å². The Kier molecular flexibility index (Phi) is 4.45. The molecule has 2 aromatic carbocycles. The lowest BCUT2D eigenvalue weighted by Gasteiger charge is -2.12. The number of aryl methyl sites for hydroxylation is 1. The zero-order valence-corrected chi connectivity index (χ0v) is 13.7. The maximum absolute atomic E-state index is 13.9. The molecule has 2 aromatic rings. The van der Waals surface area contributed by atoms with Gasteiger partial charge in [0, 0.05) is 8.95 Å². The number of halogens is 3. The van der Waals surface area contributed by atoms with Crippen LogP contribution in [0.15, 0.2) is 39.3 Å². The molecule has 0 unspecified atom stereocenters. The molecule has 0 bridgehead atoms. The molecule has 0 saturated carbocycles. The van der Waals surface area contributed by atoms with Crippen molar-refractivity contribution in [3.63, 3.8) is 0 Å².